The second-order valence-corrected chi connectivity index (χ2v) is 4.78. The lowest BCUT2D eigenvalue weighted by molar-refractivity contribution is 0.339. The van der Waals surface area contributed by atoms with Gasteiger partial charge in [-0.15, -0.1) is 0 Å². The van der Waals surface area contributed by atoms with Gasteiger partial charge in [-0.05, 0) is 37.8 Å². The van der Waals surface area contributed by atoms with E-state index in [1.807, 2.05) is 31.2 Å². The summed E-state index contributed by atoms with van der Waals surface area (Å²) in [5.74, 6) is 0.673. The van der Waals surface area contributed by atoms with E-state index in [1.165, 1.54) is 6.42 Å². The topological polar surface area (TPSA) is 80.0 Å². The molecule has 4 N–H and O–H groups in total. The number of nitrogens with two attached hydrogens (primary N) is 2. The van der Waals surface area contributed by atoms with Crippen molar-refractivity contribution in [3.8, 4) is 0 Å². The lowest BCUT2D eigenvalue weighted by atomic mass is 10.1. The highest BCUT2D eigenvalue weighted by molar-refractivity contribution is 5.94. The number of para-hydroxylation sites is 1. The molecular formula is C14H21N5. The summed E-state index contributed by atoms with van der Waals surface area (Å²) >= 11 is 0. The third-order valence-corrected chi connectivity index (χ3v) is 3.20. The smallest absolute Gasteiger partial charge is 0.229 e. The molecule has 1 saturated heterocycles. The molecule has 0 amide bonds. The van der Waals surface area contributed by atoms with Crippen LogP contribution in [0, 0.1) is 6.92 Å². The number of aliphatic imine (C=N–C) groups is 2. The second-order valence-electron chi connectivity index (χ2n) is 4.78. The monoisotopic (exact) mass is 259 g/mol. The first-order valence-electron chi connectivity index (χ1n) is 6.66. The van der Waals surface area contributed by atoms with Gasteiger partial charge >= 0.3 is 0 Å². The summed E-state index contributed by atoms with van der Waals surface area (Å²) in [4.78, 5) is 11.0. The van der Waals surface area contributed by atoms with Gasteiger partial charge in [0.1, 0.15) is 0 Å². The number of benzene rings is 1. The Balaban J connectivity index is 2.31. The Morgan fingerprint density at radius 2 is 1.79 bits per heavy atom. The van der Waals surface area contributed by atoms with Crippen LogP contribution in [0.2, 0.25) is 0 Å². The van der Waals surface area contributed by atoms with Gasteiger partial charge in [0.05, 0.1) is 5.69 Å². The van der Waals surface area contributed by atoms with Crippen molar-refractivity contribution in [2.24, 2.45) is 21.5 Å². The third-order valence-electron chi connectivity index (χ3n) is 3.20. The highest BCUT2D eigenvalue weighted by Gasteiger charge is 2.15. The zero-order valence-corrected chi connectivity index (χ0v) is 11.3. The Morgan fingerprint density at radius 3 is 2.42 bits per heavy atom. The molecule has 1 aromatic carbocycles. The molecule has 0 unspecified atom stereocenters. The van der Waals surface area contributed by atoms with Crippen LogP contribution in [-0.4, -0.2) is 29.9 Å². The summed E-state index contributed by atoms with van der Waals surface area (Å²) in [6, 6.07) is 7.97. The zero-order chi connectivity index (χ0) is 13.7. The molecule has 19 heavy (non-hydrogen) atoms. The summed E-state index contributed by atoms with van der Waals surface area (Å²) in [7, 11) is 0. The fourth-order valence-electron chi connectivity index (χ4n) is 2.17. The van der Waals surface area contributed by atoms with Gasteiger partial charge in [-0.25, -0.2) is 4.99 Å². The fourth-order valence-corrected chi connectivity index (χ4v) is 2.17. The minimum Gasteiger partial charge on any atom is -0.370 e. The SMILES string of the molecule is Cc1ccccc1N=C(N=C(N)N)N1CCCCC1. The van der Waals surface area contributed by atoms with Crippen molar-refractivity contribution < 1.29 is 0 Å². The van der Waals surface area contributed by atoms with E-state index in [4.69, 9.17) is 11.5 Å². The molecule has 0 aliphatic carbocycles. The highest BCUT2D eigenvalue weighted by Crippen LogP contribution is 2.19. The molecule has 0 aromatic heterocycles. The Kier molecular flexibility index (Phi) is 4.39. The van der Waals surface area contributed by atoms with Gasteiger partial charge in [-0.1, -0.05) is 18.2 Å². The first-order valence-corrected chi connectivity index (χ1v) is 6.66. The van der Waals surface area contributed by atoms with Gasteiger partial charge in [0.15, 0.2) is 5.96 Å². The molecule has 0 saturated carbocycles. The van der Waals surface area contributed by atoms with Crippen molar-refractivity contribution in [3.05, 3.63) is 29.8 Å². The van der Waals surface area contributed by atoms with Crippen molar-refractivity contribution in [1.82, 2.24) is 4.90 Å². The van der Waals surface area contributed by atoms with E-state index in [2.05, 4.69) is 14.9 Å². The van der Waals surface area contributed by atoms with E-state index in [0.717, 1.165) is 37.2 Å². The molecule has 0 radical (unpaired) electrons. The Morgan fingerprint density at radius 1 is 1.11 bits per heavy atom. The summed E-state index contributed by atoms with van der Waals surface area (Å²) in [6.45, 7) is 3.95. The van der Waals surface area contributed by atoms with E-state index in [9.17, 15) is 0 Å². The Labute approximate surface area is 114 Å². The molecule has 0 spiro atoms. The minimum absolute atomic E-state index is 0.0536. The average Bonchev–Trinajstić information content (AvgIpc) is 2.41. The fraction of sp³-hybridized carbons (Fsp3) is 0.429. The molecule has 1 heterocycles. The molecule has 1 fully saturated rings. The number of guanidine groups is 2. The van der Waals surface area contributed by atoms with Crippen molar-refractivity contribution >= 4 is 17.6 Å². The van der Waals surface area contributed by atoms with Crippen LogP contribution in [0.5, 0.6) is 0 Å². The third kappa shape index (κ3) is 3.71. The molecule has 5 nitrogen and oxygen atoms in total. The van der Waals surface area contributed by atoms with Crippen LogP contribution in [-0.2, 0) is 0 Å². The lowest BCUT2D eigenvalue weighted by Crippen LogP contribution is -2.37. The number of hydrogen-bond acceptors (Lipinski definition) is 1. The largest absolute Gasteiger partial charge is 0.370 e. The van der Waals surface area contributed by atoms with Gasteiger partial charge in [0, 0.05) is 13.1 Å². The maximum absolute atomic E-state index is 5.51. The average molecular weight is 259 g/mol. The van der Waals surface area contributed by atoms with E-state index in [0.29, 0.717) is 5.96 Å². The first kappa shape index (κ1) is 13.4. The first-order chi connectivity index (χ1) is 9.16. The summed E-state index contributed by atoms with van der Waals surface area (Å²) in [6.07, 6.45) is 3.58. The van der Waals surface area contributed by atoms with Gasteiger partial charge in [-0.3, -0.25) is 0 Å². The summed E-state index contributed by atoms with van der Waals surface area (Å²) < 4.78 is 0. The van der Waals surface area contributed by atoms with Crippen LogP contribution in [0.3, 0.4) is 0 Å². The molecule has 0 atom stereocenters. The number of aryl methyl sites for hydroxylation is 1. The van der Waals surface area contributed by atoms with Crippen LogP contribution in [0.4, 0.5) is 5.69 Å². The van der Waals surface area contributed by atoms with Crippen molar-refractivity contribution in [2.75, 3.05) is 13.1 Å². The molecular weight excluding hydrogens is 238 g/mol. The zero-order valence-electron chi connectivity index (χ0n) is 11.3. The van der Waals surface area contributed by atoms with E-state index < -0.39 is 0 Å². The Hall–Kier alpha value is -2.04. The number of likely N-dealkylation sites (tertiary alicyclic amines) is 1. The van der Waals surface area contributed by atoms with Crippen LogP contribution in [0.15, 0.2) is 34.3 Å². The van der Waals surface area contributed by atoms with Gasteiger partial charge in [0.25, 0.3) is 0 Å². The minimum atomic E-state index is 0.0536. The van der Waals surface area contributed by atoms with Crippen molar-refractivity contribution in [1.29, 1.82) is 0 Å². The van der Waals surface area contributed by atoms with Crippen molar-refractivity contribution in [3.63, 3.8) is 0 Å². The van der Waals surface area contributed by atoms with Crippen LogP contribution < -0.4 is 11.5 Å². The number of piperidine rings is 1. The van der Waals surface area contributed by atoms with E-state index in [-0.39, 0.29) is 5.96 Å². The maximum atomic E-state index is 5.51. The van der Waals surface area contributed by atoms with Gasteiger partial charge in [-0.2, -0.15) is 4.99 Å². The van der Waals surface area contributed by atoms with Gasteiger partial charge < -0.3 is 16.4 Å². The maximum Gasteiger partial charge on any atom is 0.229 e. The predicted octanol–water partition coefficient (Wildman–Crippen LogP) is 1.74. The molecule has 0 bridgehead atoms. The molecule has 1 aliphatic rings. The number of rotatable bonds is 1. The molecule has 5 heteroatoms. The van der Waals surface area contributed by atoms with E-state index >= 15 is 0 Å². The molecule has 2 rings (SSSR count). The van der Waals surface area contributed by atoms with E-state index in [1.54, 1.807) is 0 Å². The van der Waals surface area contributed by atoms with Crippen LogP contribution >= 0.6 is 0 Å². The van der Waals surface area contributed by atoms with Crippen molar-refractivity contribution in [2.45, 2.75) is 26.2 Å². The van der Waals surface area contributed by atoms with Crippen LogP contribution in [0.1, 0.15) is 24.8 Å². The number of nitrogens with zero attached hydrogens (tertiary/aromatic N) is 3. The lowest BCUT2D eigenvalue weighted by Gasteiger charge is -2.27. The molecule has 1 aliphatic heterocycles. The van der Waals surface area contributed by atoms with Gasteiger partial charge in [0.2, 0.25) is 5.96 Å². The normalized spacial score (nSPS) is 16.3. The molecule has 102 valence electrons. The predicted molar refractivity (Wildman–Crippen MR) is 79.5 cm³/mol. The summed E-state index contributed by atoms with van der Waals surface area (Å²) in [5, 5.41) is 0. The standard InChI is InChI=1S/C14H21N5/c1-11-7-3-4-8-12(11)17-14(18-13(15)16)19-9-5-2-6-10-19/h3-4,7-8H,2,5-6,9-10H2,1H3,(H4,15,16,17,18). The number of hydrogen-bond donors (Lipinski definition) is 2. The molecule has 1 aromatic rings. The second kappa shape index (κ2) is 6.22. The highest BCUT2D eigenvalue weighted by atomic mass is 15.3. The van der Waals surface area contributed by atoms with Crippen LogP contribution in [0.25, 0.3) is 0 Å². The summed E-state index contributed by atoms with van der Waals surface area (Å²) in [5.41, 5.74) is 13.0. The quantitative estimate of drug-likeness (QED) is 0.595. The Bertz CT molecular complexity index is 482.